The highest BCUT2D eigenvalue weighted by Gasteiger charge is 2.34. The van der Waals surface area contributed by atoms with E-state index in [1.165, 1.54) is 25.8 Å². The second-order valence-electron chi connectivity index (χ2n) is 5.55. The number of carbonyl (C=O) groups is 1. The molecule has 5 nitrogen and oxygen atoms in total. The summed E-state index contributed by atoms with van der Waals surface area (Å²) >= 11 is 0. The Hall–Kier alpha value is -0.650. The van der Waals surface area contributed by atoms with Gasteiger partial charge in [0.05, 0.1) is 13.2 Å². The van der Waals surface area contributed by atoms with Gasteiger partial charge in [0, 0.05) is 25.7 Å². The standard InChI is InChI=1S/C13H25N3O2/c1-15-6-2-3-11-9-16(7-4-12(11)15)10-13(18)14-5-8-17/h11-12,17H,2-10H2,1H3,(H,14,18). The third-order valence-electron chi connectivity index (χ3n) is 4.23. The van der Waals surface area contributed by atoms with E-state index < -0.39 is 0 Å². The van der Waals surface area contributed by atoms with Gasteiger partial charge >= 0.3 is 0 Å². The number of likely N-dealkylation sites (tertiary alicyclic amines) is 2. The zero-order chi connectivity index (χ0) is 13.0. The molecule has 2 rings (SSSR count). The van der Waals surface area contributed by atoms with Crippen molar-refractivity contribution in [2.45, 2.75) is 25.3 Å². The minimum absolute atomic E-state index is 0.0151. The van der Waals surface area contributed by atoms with E-state index in [1.807, 2.05) is 0 Å². The number of amides is 1. The minimum Gasteiger partial charge on any atom is -0.395 e. The van der Waals surface area contributed by atoms with Crippen molar-refractivity contribution in [2.24, 2.45) is 5.92 Å². The molecule has 18 heavy (non-hydrogen) atoms. The van der Waals surface area contributed by atoms with Crippen LogP contribution in [-0.4, -0.2) is 73.2 Å². The largest absolute Gasteiger partial charge is 0.395 e. The molecule has 2 unspecified atom stereocenters. The summed E-state index contributed by atoms with van der Waals surface area (Å²) in [6.45, 7) is 4.13. The molecule has 0 spiro atoms. The Kier molecular flexibility index (Phi) is 4.97. The number of nitrogens with zero attached hydrogens (tertiary/aromatic N) is 2. The molecule has 2 saturated heterocycles. The van der Waals surface area contributed by atoms with Crippen molar-refractivity contribution in [1.29, 1.82) is 0 Å². The topological polar surface area (TPSA) is 55.8 Å². The summed E-state index contributed by atoms with van der Waals surface area (Å²) in [6, 6.07) is 0.718. The molecule has 0 aromatic carbocycles. The van der Waals surface area contributed by atoms with Gasteiger partial charge in [0.1, 0.15) is 0 Å². The number of hydrogen-bond donors (Lipinski definition) is 2. The molecule has 0 aromatic rings. The lowest BCUT2D eigenvalue weighted by Gasteiger charge is -2.45. The number of piperidine rings is 2. The molecule has 0 aromatic heterocycles. The van der Waals surface area contributed by atoms with Crippen molar-refractivity contribution in [3.05, 3.63) is 0 Å². The lowest BCUT2D eigenvalue weighted by Crippen LogP contribution is -2.54. The van der Waals surface area contributed by atoms with Crippen LogP contribution in [0.3, 0.4) is 0 Å². The summed E-state index contributed by atoms with van der Waals surface area (Å²) in [4.78, 5) is 16.4. The molecule has 0 aliphatic carbocycles. The Bertz CT molecular complexity index is 285. The van der Waals surface area contributed by atoms with Crippen LogP contribution in [0.4, 0.5) is 0 Å². The number of hydrogen-bond acceptors (Lipinski definition) is 4. The second-order valence-corrected chi connectivity index (χ2v) is 5.55. The van der Waals surface area contributed by atoms with Crippen molar-refractivity contribution in [3.8, 4) is 0 Å². The summed E-state index contributed by atoms with van der Waals surface area (Å²) in [7, 11) is 2.22. The highest BCUT2D eigenvalue weighted by Crippen LogP contribution is 2.29. The first-order chi connectivity index (χ1) is 8.70. The van der Waals surface area contributed by atoms with Gasteiger partial charge in [-0.15, -0.1) is 0 Å². The van der Waals surface area contributed by atoms with Gasteiger partial charge in [-0.2, -0.15) is 0 Å². The molecule has 0 bridgehead atoms. The fourth-order valence-corrected chi connectivity index (χ4v) is 3.33. The zero-order valence-corrected chi connectivity index (χ0v) is 11.3. The van der Waals surface area contributed by atoms with Gasteiger partial charge in [-0.05, 0) is 38.8 Å². The summed E-state index contributed by atoms with van der Waals surface area (Å²) in [5, 5.41) is 11.4. The van der Waals surface area contributed by atoms with Crippen LogP contribution < -0.4 is 5.32 Å². The summed E-state index contributed by atoms with van der Waals surface area (Å²) in [6.07, 6.45) is 3.75. The molecule has 2 atom stereocenters. The Morgan fingerprint density at radius 3 is 3.00 bits per heavy atom. The van der Waals surface area contributed by atoms with Crippen LogP contribution in [0.25, 0.3) is 0 Å². The Balaban J connectivity index is 1.78. The predicted octanol–water partition coefficient (Wildman–Crippen LogP) is -0.489. The average molecular weight is 255 g/mol. The zero-order valence-electron chi connectivity index (χ0n) is 11.3. The number of aliphatic hydroxyl groups is 1. The predicted molar refractivity (Wildman–Crippen MR) is 70.3 cm³/mol. The average Bonchev–Trinajstić information content (AvgIpc) is 2.36. The van der Waals surface area contributed by atoms with E-state index in [0.29, 0.717) is 13.1 Å². The molecule has 2 fully saturated rings. The van der Waals surface area contributed by atoms with E-state index in [9.17, 15) is 4.79 Å². The Morgan fingerprint density at radius 1 is 1.39 bits per heavy atom. The highest BCUT2D eigenvalue weighted by atomic mass is 16.3. The van der Waals surface area contributed by atoms with Gasteiger partial charge in [0.25, 0.3) is 0 Å². The van der Waals surface area contributed by atoms with Crippen LogP contribution in [0.5, 0.6) is 0 Å². The minimum atomic E-state index is 0.0151. The SMILES string of the molecule is CN1CCCC2CN(CC(=O)NCCO)CCC21. The van der Waals surface area contributed by atoms with Crippen LogP contribution in [0, 0.1) is 5.92 Å². The monoisotopic (exact) mass is 255 g/mol. The summed E-state index contributed by atoms with van der Waals surface area (Å²) in [5.74, 6) is 0.759. The molecule has 0 radical (unpaired) electrons. The molecular formula is C13H25N3O2. The Labute approximate surface area is 109 Å². The fourth-order valence-electron chi connectivity index (χ4n) is 3.33. The first-order valence-electron chi connectivity index (χ1n) is 7.01. The van der Waals surface area contributed by atoms with Gasteiger partial charge in [0.2, 0.25) is 5.91 Å². The van der Waals surface area contributed by atoms with Crippen LogP contribution in [0.15, 0.2) is 0 Å². The molecule has 5 heteroatoms. The number of carbonyl (C=O) groups excluding carboxylic acids is 1. The van der Waals surface area contributed by atoms with E-state index in [-0.39, 0.29) is 12.5 Å². The van der Waals surface area contributed by atoms with Crippen molar-refractivity contribution in [3.63, 3.8) is 0 Å². The summed E-state index contributed by atoms with van der Waals surface area (Å²) < 4.78 is 0. The number of aliphatic hydroxyl groups excluding tert-OH is 1. The first-order valence-corrected chi connectivity index (χ1v) is 7.01. The molecular weight excluding hydrogens is 230 g/mol. The number of fused-ring (bicyclic) bond motifs is 1. The molecule has 2 aliphatic heterocycles. The van der Waals surface area contributed by atoms with Crippen LogP contribution >= 0.6 is 0 Å². The van der Waals surface area contributed by atoms with E-state index in [1.54, 1.807) is 0 Å². The molecule has 1 amide bonds. The molecule has 2 heterocycles. The van der Waals surface area contributed by atoms with E-state index in [2.05, 4.69) is 22.2 Å². The lowest BCUT2D eigenvalue weighted by molar-refractivity contribution is -0.123. The molecule has 2 aliphatic rings. The van der Waals surface area contributed by atoms with Gasteiger partial charge in [-0.3, -0.25) is 9.69 Å². The van der Waals surface area contributed by atoms with E-state index in [0.717, 1.165) is 25.0 Å². The van der Waals surface area contributed by atoms with Gasteiger partial charge < -0.3 is 15.3 Å². The third kappa shape index (κ3) is 3.43. The maximum atomic E-state index is 11.6. The smallest absolute Gasteiger partial charge is 0.234 e. The highest BCUT2D eigenvalue weighted by molar-refractivity contribution is 5.77. The Morgan fingerprint density at radius 2 is 2.22 bits per heavy atom. The van der Waals surface area contributed by atoms with E-state index >= 15 is 0 Å². The van der Waals surface area contributed by atoms with Crippen LogP contribution in [0.2, 0.25) is 0 Å². The van der Waals surface area contributed by atoms with Gasteiger partial charge in [-0.1, -0.05) is 0 Å². The van der Waals surface area contributed by atoms with Gasteiger partial charge in [0.15, 0.2) is 0 Å². The molecule has 2 N–H and O–H groups in total. The molecule has 104 valence electrons. The van der Waals surface area contributed by atoms with Crippen molar-refractivity contribution >= 4 is 5.91 Å². The van der Waals surface area contributed by atoms with Gasteiger partial charge in [-0.25, -0.2) is 0 Å². The van der Waals surface area contributed by atoms with Crippen molar-refractivity contribution < 1.29 is 9.90 Å². The van der Waals surface area contributed by atoms with Crippen molar-refractivity contribution in [2.75, 3.05) is 46.4 Å². The normalized spacial score (nSPS) is 29.9. The summed E-state index contributed by atoms with van der Waals surface area (Å²) in [5.41, 5.74) is 0. The van der Waals surface area contributed by atoms with Crippen LogP contribution in [0.1, 0.15) is 19.3 Å². The lowest BCUT2D eigenvalue weighted by atomic mass is 9.84. The fraction of sp³-hybridized carbons (Fsp3) is 0.923. The van der Waals surface area contributed by atoms with E-state index in [4.69, 9.17) is 5.11 Å². The van der Waals surface area contributed by atoms with Crippen molar-refractivity contribution in [1.82, 2.24) is 15.1 Å². The second kappa shape index (κ2) is 6.50. The number of rotatable bonds is 4. The first kappa shape index (κ1) is 13.8. The maximum Gasteiger partial charge on any atom is 0.234 e. The third-order valence-corrected chi connectivity index (χ3v) is 4.23. The number of nitrogens with one attached hydrogen (secondary N) is 1. The van der Waals surface area contributed by atoms with Crippen LogP contribution in [-0.2, 0) is 4.79 Å². The molecule has 0 saturated carbocycles. The quantitative estimate of drug-likeness (QED) is 0.712. The maximum absolute atomic E-state index is 11.6.